The number of carbonyl (C=O) groups is 1. The van der Waals surface area contributed by atoms with Crippen LogP contribution >= 0.6 is 11.3 Å². The summed E-state index contributed by atoms with van der Waals surface area (Å²) < 4.78 is 5.46. The van der Waals surface area contributed by atoms with E-state index in [1.807, 2.05) is 41.8 Å². The zero-order valence-electron chi connectivity index (χ0n) is 13.1. The lowest BCUT2D eigenvalue weighted by Crippen LogP contribution is -2.39. The molecule has 2 amide bonds. The Morgan fingerprint density at radius 1 is 1.26 bits per heavy atom. The second kappa shape index (κ2) is 7.48. The van der Waals surface area contributed by atoms with Gasteiger partial charge in [-0.25, -0.2) is 4.79 Å². The predicted molar refractivity (Wildman–Crippen MR) is 95.6 cm³/mol. The molecule has 122 valence electrons. The molecular weight excluding hydrogens is 310 g/mol. The van der Waals surface area contributed by atoms with Gasteiger partial charge >= 0.3 is 6.03 Å². The molecule has 1 aromatic carbocycles. The van der Waals surface area contributed by atoms with Crippen molar-refractivity contribution >= 4 is 33.7 Å². The number of thiophene rings is 1. The van der Waals surface area contributed by atoms with E-state index in [4.69, 9.17) is 4.74 Å². The van der Waals surface area contributed by atoms with E-state index in [0.717, 1.165) is 42.3 Å². The topological polar surface area (TPSA) is 53.6 Å². The molecule has 2 N–H and O–H groups in total. The zero-order chi connectivity index (χ0) is 16.1. The average molecular weight is 331 g/mol. The van der Waals surface area contributed by atoms with Gasteiger partial charge in [-0.05, 0) is 54.6 Å². The van der Waals surface area contributed by atoms with Crippen LogP contribution in [-0.2, 0) is 4.74 Å². The number of rotatable bonds is 4. The summed E-state index contributed by atoms with van der Waals surface area (Å²) in [5.74, 6) is 0. The third-order valence-electron chi connectivity index (χ3n) is 3.96. The molecule has 2 aromatic rings. The number of hydrogen-bond donors (Lipinski definition) is 2. The third-order valence-corrected chi connectivity index (χ3v) is 4.75. The number of methoxy groups -OCH3 is 1. The van der Waals surface area contributed by atoms with Crippen LogP contribution in [0, 0.1) is 0 Å². The first-order valence-corrected chi connectivity index (χ1v) is 8.62. The van der Waals surface area contributed by atoms with Crippen LogP contribution in [0.3, 0.4) is 0 Å². The zero-order valence-corrected chi connectivity index (χ0v) is 13.9. The minimum absolute atomic E-state index is 0.224. The van der Waals surface area contributed by atoms with Gasteiger partial charge < -0.3 is 15.0 Å². The van der Waals surface area contributed by atoms with Gasteiger partial charge in [0.15, 0.2) is 0 Å². The molecule has 1 saturated heterocycles. The third kappa shape index (κ3) is 4.24. The van der Waals surface area contributed by atoms with E-state index in [1.165, 1.54) is 11.3 Å². The van der Waals surface area contributed by atoms with Crippen molar-refractivity contribution in [1.29, 1.82) is 0 Å². The van der Waals surface area contributed by atoms with Crippen LogP contribution in [0.15, 0.2) is 41.8 Å². The van der Waals surface area contributed by atoms with Crippen LogP contribution in [0.2, 0.25) is 0 Å². The molecule has 6 heteroatoms. The molecule has 1 atom stereocenters. The lowest BCUT2D eigenvalue weighted by molar-refractivity contribution is 0.0893. The second-order valence-corrected chi connectivity index (χ2v) is 6.50. The maximum atomic E-state index is 11.9. The SMILES string of the molecule is COC1CCCN(c2ccc(NC(=O)Nc3cccs3)cc2)C1. The molecule has 0 bridgehead atoms. The Morgan fingerprint density at radius 3 is 2.78 bits per heavy atom. The number of benzene rings is 1. The maximum Gasteiger partial charge on any atom is 0.324 e. The lowest BCUT2D eigenvalue weighted by Gasteiger charge is -2.33. The summed E-state index contributed by atoms with van der Waals surface area (Å²) in [5.41, 5.74) is 1.94. The van der Waals surface area contributed by atoms with Gasteiger partial charge in [0.1, 0.15) is 0 Å². The standard InChI is InChI=1S/C17H21N3O2S/c1-22-15-4-2-10-20(12-15)14-8-6-13(7-9-14)18-17(21)19-16-5-3-11-23-16/h3,5-9,11,15H,2,4,10,12H2,1H3,(H2,18,19,21). The molecule has 0 aliphatic carbocycles. The maximum absolute atomic E-state index is 11.9. The summed E-state index contributed by atoms with van der Waals surface area (Å²) in [6.07, 6.45) is 2.56. The minimum atomic E-state index is -0.224. The van der Waals surface area contributed by atoms with E-state index in [9.17, 15) is 4.79 Å². The normalized spacial score (nSPS) is 17.8. The summed E-state index contributed by atoms with van der Waals surface area (Å²) in [7, 11) is 1.77. The van der Waals surface area contributed by atoms with Crippen LogP contribution in [0.5, 0.6) is 0 Å². The van der Waals surface area contributed by atoms with E-state index in [0.29, 0.717) is 6.10 Å². The molecule has 1 aromatic heterocycles. The smallest absolute Gasteiger partial charge is 0.324 e. The summed E-state index contributed by atoms with van der Waals surface area (Å²) in [6, 6.07) is 11.5. The monoisotopic (exact) mass is 331 g/mol. The summed E-state index contributed by atoms with van der Waals surface area (Å²) >= 11 is 1.49. The Hall–Kier alpha value is -2.05. The number of ether oxygens (including phenoxy) is 1. The van der Waals surface area contributed by atoms with E-state index in [2.05, 4.69) is 15.5 Å². The molecule has 0 saturated carbocycles. The fraction of sp³-hybridized carbons (Fsp3) is 0.353. The fourth-order valence-corrected chi connectivity index (χ4v) is 3.36. The number of carbonyl (C=O) groups excluding carboxylic acids is 1. The van der Waals surface area contributed by atoms with Crippen LogP contribution < -0.4 is 15.5 Å². The summed E-state index contributed by atoms with van der Waals surface area (Å²) in [4.78, 5) is 14.2. The number of hydrogen-bond acceptors (Lipinski definition) is 4. The second-order valence-electron chi connectivity index (χ2n) is 5.55. The van der Waals surface area contributed by atoms with Gasteiger partial charge in [0, 0.05) is 31.6 Å². The van der Waals surface area contributed by atoms with Crippen molar-refractivity contribution in [3.8, 4) is 0 Å². The average Bonchev–Trinajstić information content (AvgIpc) is 3.08. The van der Waals surface area contributed by atoms with Crippen LogP contribution in [0.4, 0.5) is 21.2 Å². The number of nitrogens with one attached hydrogen (secondary N) is 2. The summed E-state index contributed by atoms with van der Waals surface area (Å²) in [6.45, 7) is 1.97. The first-order chi connectivity index (χ1) is 11.2. The van der Waals surface area contributed by atoms with Gasteiger partial charge in [-0.3, -0.25) is 5.32 Å². The Kier molecular flexibility index (Phi) is 5.15. The Morgan fingerprint density at radius 2 is 2.09 bits per heavy atom. The molecule has 0 radical (unpaired) electrons. The highest BCUT2D eigenvalue weighted by Gasteiger charge is 2.19. The van der Waals surface area contributed by atoms with Gasteiger partial charge in [0.05, 0.1) is 11.1 Å². The molecule has 23 heavy (non-hydrogen) atoms. The Bertz CT molecular complexity index is 628. The first-order valence-electron chi connectivity index (χ1n) is 7.74. The molecule has 1 aliphatic rings. The molecule has 0 spiro atoms. The highest BCUT2D eigenvalue weighted by atomic mass is 32.1. The molecule has 1 aliphatic heterocycles. The molecular formula is C17H21N3O2S. The molecule has 1 fully saturated rings. The lowest BCUT2D eigenvalue weighted by atomic mass is 10.1. The van der Waals surface area contributed by atoms with Crippen LogP contribution in [0.25, 0.3) is 0 Å². The van der Waals surface area contributed by atoms with Crippen molar-refractivity contribution in [3.63, 3.8) is 0 Å². The van der Waals surface area contributed by atoms with E-state index in [1.54, 1.807) is 7.11 Å². The van der Waals surface area contributed by atoms with Gasteiger partial charge in [-0.2, -0.15) is 0 Å². The van der Waals surface area contributed by atoms with Crippen molar-refractivity contribution in [2.24, 2.45) is 0 Å². The molecule has 1 unspecified atom stereocenters. The van der Waals surface area contributed by atoms with Crippen molar-refractivity contribution in [2.45, 2.75) is 18.9 Å². The molecule has 5 nitrogen and oxygen atoms in total. The minimum Gasteiger partial charge on any atom is -0.380 e. The number of piperidine rings is 1. The van der Waals surface area contributed by atoms with Crippen molar-refractivity contribution < 1.29 is 9.53 Å². The van der Waals surface area contributed by atoms with E-state index >= 15 is 0 Å². The Labute approximate surface area is 140 Å². The largest absolute Gasteiger partial charge is 0.380 e. The van der Waals surface area contributed by atoms with Crippen LogP contribution in [0.1, 0.15) is 12.8 Å². The van der Waals surface area contributed by atoms with Crippen molar-refractivity contribution in [1.82, 2.24) is 0 Å². The van der Waals surface area contributed by atoms with Gasteiger partial charge in [0.25, 0.3) is 0 Å². The Balaban J connectivity index is 1.57. The van der Waals surface area contributed by atoms with Crippen molar-refractivity contribution in [2.75, 3.05) is 35.7 Å². The molecule has 3 rings (SSSR count). The quantitative estimate of drug-likeness (QED) is 0.890. The molecule has 2 heterocycles. The van der Waals surface area contributed by atoms with Gasteiger partial charge in [0.2, 0.25) is 0 Å². The number of urea groups is 1. The number of nitrogens with zero attached hydrogens (tertiary/aromatic N) is 1. The van der Waals surface area contributed by atoms with Gasteiger partial charge in [-0.15, -0.1) is 11.3 Å². The van der Waals surface area contributed by atoms with E-state index in [-0.39, 0.29) is 6.03 Å². The number of anilines is 3. The van der Waals surface area contributed by atoms with Crippen LogP contribution in [-0.4, -0.2) is 32.3 Å². The predicted octanol–water partition coefficient (Wildman–Crippen LogP) is 4.01. The number of amides is 2. The highest BCUT2D eigenvalue weighted by molar-refractivity contribution is 7.14. The fourth-order valence-electron chi connectivity index (χ4n) is 2.74. The van der Waals surface area contributed by atoms with Gasteiger partial charge in [-0.1, -0.05) is 0 Å². The first kappa shape index (κ1) is 15.8. The highest BCUT2D eigenvalue weighted by Crippen LogP contribution is 2.23. The van der Waals surface area contributed by atoms with E-state index < -0.39 is 0 Å². The summed E-state index contributed by atoms with van der Waals surface area (Å²) in [5, 5.41) is 8.41. The van der Waals surface area contributed by atoms with Crippen molar-refractivity contribution in [3.05, 3.63) is 41.8 Å².